The zero-order valence-corrected chi connectivity index (χ0v) is 8.73. The van der Waals surface area contributed by atoms with Crippen molar-refractivity contribution in [1.82, 2.24) is 9.55 Å². The average molecular weight is 226 g/mol. The molecule has 5 nitrogen and oxygen atoms in total. The summed E-state index contributed by atoms with van der Waals surface area (Å²) in [5, 5.41) is 10.9. The van der Waals surface area contributed by atoms with E-state index < -0.39 is 4.92 Å². The summed E-state index contributed by atoms with van der Waals surface area (Å²) < 4.78 is 1.79. The molecule has 2 rings (SSSR count). The van der Waals surface area contributed by atoms with Gasteiger partial charge in [0.2, 0.25) is 5.28 Å². The molecule has 0 aliphatic carbocycles. The summed E-state index contributed by atoms with van der Waals surface area (Å²) in [5.41, 5.74) is 1.39. The highest BCUT2D eigenvalue weighted by Crippen LogP contribution is 2.23. The third kappa shape index (κ3) is 1.55. The van der Waals surface area contributed by atoms with Crippen LogP contribution in [0.1, 0.15) is 6.92 Å². The predicted octanol–water partition coefficient (Wildman–Crippen LogP) is 2.62. The standard InChI is InChI=1S/C9H8ClN3O2/c1-2-12-8-4-3-6(13(14)15)5-7(8)11-9(12)10/h3-5H,2H2,1H3. The number of aryl methyl sites for hydroxylation is 1. The Morgan fingerprint density at radius 2 is 2.33 bits per heavy atom. The van der Waals surface area contributed by atoms with E-state index in [0.29, 0.717) is 17.3 Å². The molecule has 0 radical (unpaired) electrons. The average Bonchev–Trinajstić information content (AvgIpc) is 2.51. The zero-order valence-electron chi connectivity index (χ0n) is 7.98. The predicted molar refractivity (Wildman–Crippen MR) is 57.1 cm³/mol. The third-order valence-corrected chi connectivity index (χ3v) is 2.50. The smallest absolute Gasteiger partial charge is 0.271 e. The van der Waals surface area contributed by atoms with Crippen molar-refractivity contribution in [2.75, 3.05) is 0 Å². The van der Waals surface area contributed by atoms with E-state index >= 15 is 0 Å². The van der Waals surface area contributed by atoms with Crippen molar-refractivity contribution in [2.45, 2.75) is 13.5 Å². The molecular formula is C9H8ClN3O2. The molecule has 78 valence electrons. The number of halogens is 1. The Morgan fingerprint density at radius 1 is 1.60 bits per heavy atom. The van der Waals surface area contributed by atoms with Crippen LogP contribution in [-0.4, -0.2) is 14.5 Å². The first-order valence-electron chi connectivity index (χ1n) is 4.43. The van der Waals surface area contributed by atoms with Gasteiger partial charge in [-0.05, 0) is 24.6 Å². The van der Waals surface area contributed by atoms with Crippen LogP contribution in [0.3, 0.4) is 0 Å². The maximum atomic E-state index is 10.5. The minimum absolute atomic E-state index is 0.0277. The van der Waals surface area contributed by atoms with Crippen molar-refractivity contribution in [3.05, 3.63) is 33.6 Å². The fraction of sp³-hybridized carbons (Fsp3) is 0.222. The number of non-ortho nitro benzene ring substituents is 1. The largest absolute Gasteiger partial charge is 0.315 e. The molecule has 1 aromatic heterocycles. The first-order chi connectivity index (χ1) is 7.13. The van der Waals surface area contributed by atoms with Crippen LogP contribution in [0, 0.1) is 10.1 Å². The van der Waals surface area contributed by atoms with E-state index in [1.165, 1.54) is 12.1 Å². The molecule has 0 aliphatic rings. The van der Waals surface area contributed by atoms with Gasteiger partial charge in [-0.2, -0.15) is 0 Å². The minimum Gasteiger partial charge on any atom is -0.315 e. The summed E-state index contributed by atoms with van der Waals surface area (Å²) in [7, 11) is 0. The first-order valence-corrected chi connectivity index (χ1v) is 4.81. The molecule has 0 aliphatic heterocycles. The van der Waals surface area contributed by atoms with E-state index in [0.717, 1.165) is 5.52 Å². The van der Waals surface area contributed by atoms with E-state index in [9.17, 15) is 10.1 Å². The molecule has 6 heteroatoms. The van der Waals surface area contributed by atoms with Gasteiger partial charge >= 0.3 is 0 Å². The lowest BCUT2D eigenvalue weighted by molar-refractivity contribution is -0.384. The van der Waals surface area contributed by atoms with Gasteiger partial charge in [0.05, 0.1) is 16.0 Å². The lowest BCUT2D eigenvalue weighted by atomic mass is 10.3. The summed E-state index contributed by atoms with van der Waals surface area (Å²) in [4.78, 5) is 14.1. The summed E-state index contributed by atoms with van der Waals surface area (Å²) in [6.07, 6.45) is 0. The number of benzene rings is 1. The first kappa shape index (κ1) is 9.92. The molecule has 0 saturated carbocycles. The van der Waals surface area contributed by atoms with Crippen LogP contribution in [0.2, 0.25) is 5.28 Å². The Kier molecular flexibility index (Phi) is 2.32. The van der Waals surface area contributed by atoms with Gasteiger partial charge in [-0.1, -0.05) is 0 Å². The monoisotopic (exact) mass is 225 g/mol. The molecule has 0 saturated heterocycles. The van der Waals surface area contributed by atoms with Gasteiger partial charge in [-0.3, -0.25) is 10.1 Å². The van der Waals surface area contributed by atoms with Crippen molar-refractivity contribution in [1.29, 1.82) is 0 Å². The van der Waals surface area contributed by atoms with E-state index in [4.69, 9.17) is 11.6 Å². The number of imidazole rings is 1. The van der Waals surface area contributed by atoms with Crippen LogP contribution in [0.25, 0.3) is 11.0 Å². The molecule has 0 atom stereocenters. The van der Waals surface area contributed by atoms with Crippen LogP contribution in [0.4, 0.5) is 5.69 Å². The quantitative estimate of drug-likeness (QED) is 0.583. The maximum Gasteiger partial charge on any atom is 0.271 e. The normalized spacial score (nSPS) is 10.8. The van der Waals surface area contributed by atoms with Crippen LogP contribution < -0.4 is 0 Å². The number of rotatable bonds is 2. The lowest BCUT2D eigenvalue weighted by Crippen LogP contribution is -1.93. The molecule has 0 N–H and O–H groups in total. The fourth-order valence-corrected chi connectivity index (χ4v) is 1.80. The molecule has 1 heterocycles. The van der Waals surface area contributed by atoms with E-state index in [-0.39, 0.29) is 5.69 Å². The molecule has 0 amide bonds. The van der Waals surface area contributed by atoms with Gasteiger partial charge in [-0.25, -0.2) is 4.98 Å². The summed E-state index contributed by atoms with van der Waals surface area (Å²) in [6, 6.07) is 4.54. The van der Waals surface area contributed by atoms with Crippen molar-refractivity contribution in [3.8, 4) is 0 Å². The Labute approximate surface area is 90.4 Å². The topological polar surface area (TPSA) is 61.0 Å². The Morgan fingerprint density at radius 3 is 2.93 bits per heavy atom. The molecular weight excluding hydrogens is 218 g/mol. The summed E-state index contributed by atoms with van der Waals surface area (Å²) in [5.74, 6) is 0. The SMILES string of the molecule is CCn1c(Cl)nc2cc([N+](=O)[O-])ccc21. The Balaban J connectivity index is 2.69. The van der Waals surface area contributed by atoms with E-state index in [2.05, 4.69) is 4.98 Å². The minimum atomic E-state index is -0.446. The number of nitro groups is 1. The number of hydrogen-bond donors (Lipinski definition) is 0. The van der Waals surface area contributed by atoms with Crippen molar-refractivity contribution < 1.29 is 4.92 Å². The number of hydrogen-bond acceptors (Lipinski definition) is 3. The van der Waals surface area contributed by atoms with E-state index in [1.54, 1.807) is 10.6 Å². The highest BCUT2D eigenvalue weighted by molar-refractivity contribution is 6.29. The molecule has 0 fully saturated rings. The van der Waals surface area contributed by atoms with Gasteiger partial charge in [0.25, 0.3) is 5.69 Å². The molecule has 15 heavy (non-hydrogen) atoms. The zero-order chi connectivity index (χ0) is 11.0. The third-order valence-electron chi connectivity index (χ3n) is 2.21. The van der Waals surface area contributed by atoms with Crippen LogP contribution in [0.15, 0.2) is 18.2 Å². The number of nitrogens with zero attached hydrogens (tertiary/aromatic N) is 3. The van der Waals surface area contributed by atoms with Crippen LogP contribution in [-0.2, 0) is 6.54 Å². The fourth-order valence-electron chi connectivity index (χ4n) is 1.50. The second-order valence-corrected chi connectivity index (χ2v) is 3.39. The van der Waals surface area contributed by atoms with Gasteiger partial charge in [0.15, 0.2) is 0 Å². The van der Waals surface area contributed by atoms with Gasteiger partial charge in [0, 0.05) is 18.7 Å². The summed E-state index contributed by atoms with van der Waals surface area (Å²) >= 11 is 5.88. The van der Waals surface area contributed by atoms with Gasteiger partial charge in [-0.15, -0.1) is 0 Å². The molecule has 0 spiro atoms. The van der Waals surface area contributed by atoms with Crippen LogP contribution >= 0.6 is 11.6 Å². The highest BCUT2D eigenvalue weighted by atomic mass is 35.5. The molecule has 2 aromatic rings. The van der Waals surface area contributed by atoms with Crippen molar-refractivity contribution in [2.24, 2.45) is 0 Å². The highest BCUT2D eigenvalue weighted by Gasteiger charge is 2.12. The Bertz CT molecular complexity index is 535. The summed E-state index contributed by atoms with van der Waals surface area (Å²) in [6.45, 7) is 2.63. The number of fused-ring (bicyclic) bond motifs is 1. The molecule has 0 bridgehead atoms. The van der Waals surface area contributed by atoms with Crippen molar-refractivity contribution in [3.63, 3.8) is 0 Å². The number of nitro benzene ring substituents is 1. The van der Waals surface area contributed by atoms with Crippen molar-refractivity contribution >= 4 is 28.3 Å². The molecule has 1 aromatic carbocycles. The van der Waals surface area contributed by atoms with E-state index in [1.807, 2.05) is 6.92 Å². The lowest BCUT2D eigenvalue weighted by Gasteiger charge is -1.99. The second-order valence-electron chi connectivity index (χ2n) is 3.06. The van der Waals surface area contributed by atoms with Gasteiger partial charge < -0.3 is 4.57 Å². The van der Waals surface area contributed by atoms with Gasteiger partial charge in [0.1, 0.15) is 0 Å². The Hall–Kier alpha value is -1.62. The molecule has 0 unspecified atom stereocenters. The second kappa shape index (κ2) is 3.51. The van der Waals surface area contributed by atoms with Crippen LogP contribution in [0.5, 0.6) is 0 Å². The number of aromatic nitrogens is 2. The maximum absolute atomic E-state index is 10.5.